The normalized spacial score (nSPS) is 11.7. The van der Waals surface area contributed by atoms with E-state index in [1.165, 1.54) is 0 Å². The van der Waals surface area contributed by atoms with Crippen LogP contribution >= 0.6 is 24.1 Å². The molecule has 10 heteroatoms. The maximum absolute atomic E-state index is 11.3. The Bertz CT molecular complexity index is 542. The van der Waals surface area contributed by atoms with Crippen molar-refractivity contribution in [2.24, 2.45) is 0 Å². The molecule has 120 valence electrons. The standard InChI is InChI=1S/C11H16O7S3/c1-7(2)11-9(15-17-19-3)5-8(21(12,13)14)6-10(11)16-18-20-4/h5-7H,1-4H3,(H,12,13,14). The molecule has 0 saturated carbocycles. The second-order valence-electron chi connectivity index (χ2n) is 4.10. The molecule has 0 aliphatic rings. The van der Waals surface area contributed by atoms with Gasteiger partial charge in [0.25, 0.3) is 10.1 Å². The predicted molar refractivity (Wildman–Crippen MR) is 80.8 cm³/mol. The first-order valence-electron chi connectivity index (χ1n) is 5.71. The summed E-state index contributed by atoms with van der Waals surface area (Å²) in [6, 6.07) is 2.32. The molecule has 0 heterocycles. The van der Waals surface area contributed by atoms with Gasteiger partial charge in [-0.3, -0.25) is 4.55 Å². The highest BCUT2D eigenvalue weighted by molar-refractivity contribution is 7.94. The van der Waals surface area contributed by atoms with Crippen LogP contribution in [0.5, 0.6) is 11.5 Å². The maximum Gasteiger partial charge on any atom is 0.294 e. The van der Waals surface area contributed by atoms with E-state index in [1.54, 1.807) is 12.5 Å². The molecule has 0 saturated heterocycles. The van der Waals surface area contributed by atoms with Crippen molar-refractivity contribution in [1.82, 2.24) is 0 Å². The molecule has 1 aromatic carbocycles. The zero-order valence-electron chi connectivity index (χ0n) is 11.9. The summed E-state index contributed by atoms with van der Waals surface area (Å²) >= 11 is 1.89. The molecular formula is C11H16O7S3. The summed E-state index contributed by atoms with van der Waals surface area (Å²) in [6.45, 7) is 3.72. The summed E-state index contributed by atoms with van der Waals surface area (Å²) in [6.07, 6.45) is 3.27. The smallest absolute Gasteiger partial charge is 0.294 e. The van der Waals surface area contributed by atoms with Crippen LogP contribution in [-0.2, 0) is 18.8 Å². The van der Waals surface area contributed by atoms with Crippen LogP contribution in [0.1, 0.15) is 25.3 Å². The van der Waals surface area contributed by atoms with E-state index in [1.807, 2.05) is 13.8 Å². The molecule has 1 rings (SSSR count). The Hall–Kier alpha value is -0.650. The lowest BCUT2D eigenvalue weighted by Crippen LogP contribution is -2.06. The van der Waals surface area contributed by atoms with Gasteiger partial charge in [0.05, 0.1) is 0 Å². The van der Waals surface area contributed by atoms with Crippen LogP contribution in [0.25, 0.3) is 0 Å². The van der Waals surface area contributed by atoms with Gasteiger partial charge in [-0.1, -0.05) is 13.8 Å². The third-order valence-corrected chi connectivity index (χ3v) is 3.58. The molecule has 0 aromatic heterocycles. The van der Waals surface area contributed by atoms with E-state index in [4.69, 9.17) is 18.4 Å². The van der Waals surface area contributed by atoms with Gasteiger partial charge in [-0.05, 0) is 5.92 Å². The molecule has 1 aromatic rings. The minimum absolute atomic E-state index is 0.0682. The lowest BCUT2D eigenvalue weighted by molar-refractivity contribution is -0.0875. The fraction of sp³-hybridized carbons (Fsp3) is 0.455. The third kappa shape index (κ3) is 5.24. The van der Waals surface area contributed by atoms with E-state index < -0.39 is 10.1 Å². The Morgan fingerprint density at radius 2 is 1.48 bits per heavy atom. The summed E-state index contributed by atoms with van der Waals surface area (Å²) in [5, 5.41) is 0. The quantitative estimate of drug-likeness (QED) is 0.326. The van der Waals surface area contributed by atoms with Gasteiger partial charge >= 0.3 is 0 Å². The molecule has 1 N–H and O–H groups in total. The highest BCUT2D eigenvalue weighted by atomic mass is 32.2. The molecule has 7 nitrogen and oxygen atoms in total. The Morgan fingerprint density at radius 1 is 1.05 bits per heavy atom. The fourth-order valence-corrected chi connectivity index (χ4v) is 2.37. The molecule has 0 amide bonds. The van der Waals surface area contributed by atoms with Crippen molar-refractivity contribution in [3.63, 3.8) is 0 Å². The molecule has 0 bridgehead atoms. The van der Waals surface area contributed by atoms with Gasteiger partial charge in [-0.2, -0.15) is 8.42 Å². The first-order chi connectivity index (χ1) is 9.81. The zero-order chi connectivity index (χ0) is 16.0. The van der Waals surface area contributed by atoms with Crippen molar-refractivity contribution in [2.75, 3.05) is 12.5 Å². The van der Waals surface area contributed by atoms with E-state index in [9.17, 15) is 13.0 Å². The van der Waals surface area contributed by atoms with E-state index >= 15 is 0 Å². The number of hydrogen-bond donors (Lipinski definition) is 1. The predicted octanol–water partition coefficient (Wildman–Crippen LogP) is 3.23. The molecule has 0 aliphatic carbocycles. The van der Waals surface area contributed by atoms with E-state index in [0.717, 1.165) is 36.2 Å². The van der Waals surface area contributed by atoms with Crippen molar-refractivity contribution in [3.8, 4) is 11.5 Å². The summed E-state index contributed by atoms with van der Waals surface area (Å²) in [4.78, 5) is 9.72. The zero-order valence-corrected chi connectivity index (χ0v) is 14.3. The number of rotatable bonds is 8. The average molecular weight is 356 g/mol. The Morgan fingerprint density at radius 3 is 1.76 bits per heavy atom. The van der Waals surface area contributed by atoms with Crippen molar-refractivity contribution >= 4 is 34.2 Å². The third-order valence-electron chi connectivity index (χ3n) is 2.34. The van der Waals surface area contributed by atoms with Crippen molar-refractivity contribution in [2.45, 2.75) is 24.7 Å². The van der Waals surface area contributed by atoms with Gasteiger partial charge in [0.2, 0.25) is 0 Å². The topological polar surface area (TPSA) is 91.3 Å². The molecule has 0 atom stereocenters. The minimum Gasteiger partial charge on any atom is -0.325 e. The largest absolute Gasteiger partial charge is 0.325 e. The molecule has 0 unspecified atom stereocenters. The highest BCUT2D eigenvalue weighted by Crippen LogP contribution is 2.38. The van der Waals surface area contributed by atoms with Crippen LogP contribution in [0, 0.1) is 0 Å². The van der Waals surface area contributed by atoms with Crippen LogP contribution in [-0.4, -0.2) is 25.5 Å². The molecule has 21 heavy (non-hydrogen) atoms. The van der Waals surface area contributed by atoms with E-state index in [0.29, 0.717) is 5.56 Å². The van der Waals surface area contributed by atoms with Gasteiger partial charge in [0.15, 0.2) is 11.5 Å². The minimum atomic E-state index is -4.43. The molecular weight excluding hydrogens is 340 g/mol. The van der Waals surface area contributed by atoms with Gasteiger partial charge in [0, 0.05) is 54.3 Å². The summed E-state index contributed by atoms with van der Waals surface area (Å²) in [5.74, 6) is 0.171. The van der Waals surface area contributed by atoms with Gasteiger partial charge in [-0.25, -0.2) is 0 Å². The van der Waals surface area contributed by atoms with Crippen molar-refractivity contribution < 1.29 is 31.4 Å². The molecule has 0 fully saturated rings. The second-order valence-corrected chi connectivity index (χ2v) is 6.46. The van der Waals surface area contributed by atoms with Crippen molar-refractivity contribution in [3.05, 3.63) is 17.7 Å². The summed E-state index contributed by atoms with van der Waals surface area (Å²) in [7, 11) is -4.43. The van der Waals surface area contributed by atoms with E-state index in [-0.39, 0.29) is 22.3 Å². The highest BCUT2D eigenvalue weighted by Gasteiger charge is 2.23. The lowest BCUT2D eigenvalue weighted by Gasteiger charge is -2.16. The Balaban J connectivity index is 3.41. The van der Waals surface area contributed by atoms with Crippen molar-refractivity contribution in [1.29, 1.82) is 0 Å². The summed E-state index contributed by atoms with van der Waals surface area (Å²) in [5.41, 5.74) is 0.547. The lowest BCUT2D eigenvalue weighted by atomic mass is 10.0. The monoisotopic (exact) mass is 356 g/mol. The maximum atomic E-state index is 11.3. The Labute approximate surface area is 132 Å². The Kier molecular flexibility index (Phi) is 7.10. The van der Waals surface area contributed by atoms with Crippen LogP contribution in [0.4, 0.5) is 0 Å². The second kappa shape index (κ2) is 8.11. The number of benzene rings is 1. The molecule has 0 radical (unpaired) electrons. The van der Waals surface area contributed by atoms with Gasteiger partial charge < -0.3 is 9.78 Å². The summed E-state index contributed by atoms with van der Waals surface area (Å²) < 4.78 is 41.4. The molecule has 0 aliphatic heterocycles. The van der Waals surface area contributed by atoms with Gasteiger partial charge in [0.1, 0.15) is 4.90 Å². The van der Waals surface area contributed by atoms with Crippen LogP contribution in [0.3, 0.4) is 0 Å². The van der Waals surface area contributed by atoms with Crippen LogP contribution < -0.4 is 9.78 Å². The van der Waals surface area contributed by atoms with Crippen LogP contribution in [0.2, 0.25) is 0 Å². The van der Waals surface area contributed by atoms with Crippen LogP contribution in [0.15, 0.2) is 17.0 Å². The SMILES string of the molecule is CSOOc1cc(S(=O)(=O)O)cc(OOSC)c1C(C)C. The molecule has 0 spiro atoms. The average Bonchev–Trinajstić information content (AvgIpc) is 2.40. The fourth-order valence-electron chi connectivity index (χ4n) is 1.57. The van der Waals surface area contributed by atoms with Gasteiger partial charge in [-0.15, -0.1) is 8.67 Å². The first kappa shape index (κ1) is 18.4. The van der Waals surface area contributed by atoms with E-state index in [2.05, 4.69) is 0 Å². The first-order valence-corrected chi connectivity index (χ1v) is 9.45. The number of hydrogen-bond acceptors (Lipinski definition) is 8.